The van der Waals surface area contributed by atoms with Gasteiger partial charge in [-0.05, 0) is 37.8 Å². The van der Waals surface area contributed by atoms with Crippen molar-refractivity contribution in [3.63, 3.8) is 0 Å². The highest BCUT2D eigenvalue weighted by molar-refractivity contribution is 5.64. The molecule has 0 N–H and O–H groups in total. The van der Waals surface area contributed by atoms with Gasteiger partial charge in [0.15, 0.2) is 0 Å². The molecule has 0 aromatic carbocycles. The summed E-state index contributed by atoms with van der Waals surface area (Å²) < 4.78 is 0. The van der Waals surface area contributed by atoms with Crippen LogP contribution < -0.4 is 0 Å². The molecule has 2 heteroatoms. The molecule has 0 fully saturated rings. The van der Waals surface area contributed by atoms with Crippen molar-refractivity contribution in [1.29, 1.82) is 0 Å². The van der Waals surface area contributed by atoms with Crippen molar-refractivity contribution in [3.05, 3.63) is 24.3 Å². The fourth-order valence-corrected chi connectivity index (χ4v) is 2.04. The zero-order valence-electron chi connectivity index (χ0n) is 14.8. The van der Waals surface area contributed by atoms with Crippen LogP contribution in [0.3, 0.4) is 0 Å². The lowest BCUT2D eigenvalue weighted by Crippen LogP contribution is -1.75. The molecule has 0 saturated heterocycles. The molecule has 0 aliphatic carbocycles. The maximum absolute atomic E-state index is 9.85. The Kier molecular flexibility index (Phi) is 26.0. The minimum atomic E-state index is 0.839. The first-order chi connectivity index (χ1) is 10.8. The van der Waals surface area contributed by atoms with Gasteiger partial charge < -0.3 is 0 Å². The third-order valence-electron chi connectivity index (χ3n) is 3.38. The molecule has 0 aliphatic rings. The zero-order valence-corrected chi connectivity index (χ0v) is 14.8. The zero-order chi connectivity index (χ0) is 16.7. The maximum Gasteiger partial charge on any atom is 0.142 e. The number of hydrogen-bond acceptors (Lipinski definition) is 2. The van der Waals surface area contributed by atoms with E-state index in [0.29, 0.717) is 0 Å². The van der Waals surface area contributed by atoms with Crippen molar-refractivity contribution in [3.8, 4) is 0 Å². The van der Waals surface area contributed by atoms with Crippen LogP contribution in [-0.4, -0.2) is 12.6 Å². The first kappa shape index (κ1) is 23.1. The van der Waals surface area contributed by atoms with E-state index in [1.165, 1.54) is 64.2 Å². The number of carbonyl (C=O) groups is 2. The summed E-state index contributed by atoms with van der Waals surface area (Å²) in [5, 5.41) is 0. The Hall–Kier alpha value is -1.18. The molecule has 0 bridgehead atoms. The molecule has 0 atom stereocenters. The Morgan fingerprint density at radius 1 is 0.545 bits per heavy atom. The van der Waals surface area contributed by atoms with Crippen LogP contribution in [0.2, 0.25) is 0 Å². The first-order valence-electron chi connectivity index (χ1n) is 9.04. The lowest BCUT2D eigenvalue weighted by atomic mass is 10.1. The van der Waals surface area contributed by atoms with Crippen LogP contribution in [0.1, 0.15) is 90.9 Å². The number of unbranched alkanes of at least 4 members (excludes halogenated alkanes) is 10. The van der Waals surface area contributed by atoms with Crippen LogP contribution in [0.4, 0.5) is 0 Å². The Morgan fingerprint density at radius 3 is 1.23 bits per heavy atom. The summed E-state index contributed by atoms with van der Waals surface area (Å²) in [6.07, 6.45) is 23.9. The fourth-order valence-electron chi connectivity index (χ4n) is 2.04. The summed E-state index contributed by atoms with van der Waals surface area (Å²) in [6, 6.07) is 0. The van der Waals surface area contributed by atoms with Gasteiger partial charge in [-0.3, -0.25) is 9.59 Å². The van der Waals surface area contributed by atoms with E-state index in [0.717, 1.165) is 25.4 Å². The van der Waals surface area contributed by atoms with E-state index in [2.05, 4.69) is 13.8 Å². The molecule has 0 amide bonds. The largest absolute Gasteiger partial charge is 0.299 e. The van der Waals surface area contributed by atoms with Crippen molar-refractivity contribution in [2.75, 3.05) is 0 Å². The lowest BCUT2D eigenvalue weighted by Gasteiger charge is -1.94. The van der Waals surface area contributed by atoms with Gasteiger partial charge in [0.05, 0.1) is 0 Å². The number of aldehydes is 2. The summed E-state index contributed by atoms with van der Waals surface area (Å²) in [5.74, 6) is 0. The molecular formula is C20H36O2. The van der Waals surface area contributed by atoms with Gasteiger partial charge in [0.25, 0.3) is 0 Å². The van der Waals surface area contributed by atoms with Crippen molar-refractivity contribution in [1.82, 2.24) is 0 Å². The Balaban J connectivity index is 0. The second kappa shape index (κ2) is 24.8. The van der Waals surface area contributed by atoms with Crippen molar-refractivity contribution < 1.29 is 9.59 Å². The van der Waals surface area contributed by atoms with E-state index >= 15 is 0 Å². The third-order valence-corrected chi connectivity index (χ3v) is 3.38. The molecule has 0 aliphatic heterocycles. The van der Waals surface area contributed by atoms with Gasteiger partial charge in [-0.25, -0.2) is 0 Å². The topological polar surface area (TPSA) is 34.1 Å². The molecule has 0 unspecified atom stereocenters. The van der Waals surface area contributed by atoms with E-state index in [4.69, 9.17) is 0 Å². The molecule has 2 nitrogen and oxygen atoms in total. The monoisotopic (exact) mass is 308 g/mol. The van der Waals surface area contributed by atoms with Crippen molar-refractivity contribution >= 4 is 12.6 Å². The highest BCUT2D eigenvalue weighted by Gasteiger charge is 1.86. The summed E-state index contributed by atoms with van der Waals surface area (Å²) in [6.45, 7) is 4.43. The number of carbonyl (C=O) groups excluding carboxylic acids is 2. The van der Waals surface area contributed by atoms with Gasteiger partial charge in [0.2, 0.25) is 0 Å². The summed E-state index contributed by atoms with van der Waals surface area (Å²) in [5.41, 5.74) is 0. The van der Waals surface area contributed by atoms with E-state index < -0.39 is 0 Å². The van der Waals surface area contributed by atoms with Gasteiger partial charge >= 0.3 is 0 Å². The van der Waals surface area contributed by atoms with Crippen LogP contribution in [0, 0.1) is 0 Å². The van der Waals surface area contributed by atoms with Crippen LogP contribution in [-0.2, 0) is 9.59 Å². The van der Waals surface area contributed by atoms with Gasteiger partial charge in [-0.1, -0.05) is 77.4 Å². The summed E-state index contributed by atoms with van der Waals surface area (Å²) in [7, 11) is 0. The Morgan fingerprint density at radius 2 is 0.909 bits per heavy atom. The molecule has 0 aromatic heterocycles. The molecule has 0 spiro atoms. The second-order valence-corrected chi connectivity index (χ2v) is 5.53. The normalized spacial score (nSPS) is 10.6. The highest BCUT2D eigenvalue weighted by Crippen LogP contribution is 2.05. The smallest absolute Gasteiger partial charge is 0.142 e. The van der Waals surface area contributed by atoms with Crippen LogP contribution >= 0.6 is 0 Å². The molecule has 0 radical (unpaired) electrons. The predicted octanol–water partition coefficient (Wildman–Crippen LogP) is 6.20. The van der Waals surface area contributed by atoms with Crippen LogP contribution in [0.15, 0.2) is 24.3 Å². The third kappa shape index (κ3) is 27.2. The van der Waals surface area contributed by atoms with Crippen molar-refractivity contribution in [2.45, 2.75) is 90.9 Å². The SMILES string of the molecule is CCCCCCC/C=C/C=O.CCCCCCC/C=C/C=O. The molecule has 22 heavy (non-hydrogen) atoms. The van der Waals surface area contributed by atoms with Gasteiger partial charge in [-0.15, -0.1) is 0 Å². The quantitative estimate of drug-likeness (QED) is 0.217. The van der Waals surface area contributed by atoms with Gasteiger partial charge in [-0.2, -0.15) is 0 Å². The fraction of sp³-hybridized carbons (Fsp3) is 0.700. The lowest BCUT2D eigenvalue weighted by molar-refractivity contribution is -0.104. The van der Waals surface area contributed by atoms with Crippen molar-refractivity contribution in [2.24, 2.45) is 0 Å². The highest BCUT2D eigenvalue weighted by atomic mass is 16.1. The standard InChI is InChI=1S/2C10H18O/c2*1-2-3-4-5-6-7-8-9-10-11/h2*8-10H,2-7H2,1H3/b2*9-8+. The second-order valence-electron chi connectivity index (χ2n) is 5.53. The number of rotatable bonds is 14. The average Bonchev–Trinajstić information content (AvgIpc) is 2.54. The van der Waals surface area contributed by atoms with Crippen LogP contribution in [0.25, 0.3) is 0 Å². The van der Waals surface area contributed by atoms with Gasteiger partial charge in [0.1, 0.15) is 12.6 Å². The average molecular weight is 309 g/mol. The summed E-state index contributed by atoms with van der Waals surface area (Å²) in [4.78, 5) is 19.7. The van der Waals surface area contributed by atoms with E-state index in [1.807, 2.05) is 12.2 Å². The minimum Gasteiger partial charge on any atom is -0.299 e. The Labute approximate surface area is 138 Å². The van der Waals surface area contributed by atoms with E-state index in [-0.39, 0.29) is 0 Å². The molecule has 0 aromatic rings. The maximum atomic E-state index is 9.85. The van der Waals surface area contributed by atoms with E-state index in [1.54, 1.807) is 12.2 Å². The molecular weight excluding hydrogens is 272 g/mol. The predicted molar refractivity (Wildman–Crippen MR) is 97.2 cm³/mol. The molecule has 128 valence electrons. The van der Waals surface area contributed by atoms with Gasteiger partial charge in [0, 0.05) is 0 Å². The molecule has 0 heterocycles. The van der Waals surface area contributed by atoms with Crippen LogP contribution in [0.5, 0.6) is 0 Å². The molecule has 0 rings (SSSR count). The molecule has 0 saturated carbocycles. The summed E-state index contributed by atoms with van der Waals surface area (Å²) >= 11 is 0. The Bertz CT molecular complexity index is 239. The number of hydrogen-bond donors (Lipinski definition) is 0. The number of allylic oxidation sites excluding steroid dienone is 4. The van der Waals surface area contributed by atoms with E-state index in [9.17, 15) is 9.59 Å². The first-order valence-corrected chi connectivity index (χ1v) is 9.04. The minimum absolute atomic E-state index is 0.839.